The SMILES string of the molecule is Cc1cc(C)c(CC(C)C(NC2=C(c3ccccc3)S(O)(O)N(C(C)(C)C)C2=O)C(=O)O)c(C)c1. The smallest absolute Gasteiger partial charge is 0.326 e. The van der Waals surface area contributed by atoms with Gasteiger partial charge in [0, 0.05) is 5.56 Å². The van der Waals surface area contributed by atoms with Crippen molar-refractivity contribution < 1.29 is 23.8 Å². The molecule has 0 aliphatic carbocycles. The van der Waals surface area contributed by atoms with Crippen LogP contribution in [0.2, 0.25) is 0 Å². The zero-order chi connectivity index (χ0) is 26.3. The second-order valence-electron chi connectivity index (χ2n) is 10.4. The zero-order valence-electron chi connectivity index (χ0n) is 21.4. The van der Waals surface area contributed by atoms with Gasteiger partial charge in [-0.2, -0.15) is 0 Å². The number of carboxylic acids is 1. The number of hydrogen-bond acceptors (Lipinski definition) is 5. The Morgan fingerprint density at radius 1 is 1.06 bits per heavy atom. The van der Waals surface area contributed by atoms with Crippen molar-refractivity contribution in [2.75, 3.05) is 0 Å². The van der Waals surface area contributed by atoms with Crippen LogP contribution in [0.25, 0.3) is 4.91 Å². The molecule has 0 bridgehead atoms. The first-order valence-corrected chi connectivity index (χ1v) is 13.1. The molecule has 1 aliphatic rings. The van der Waals surface area contributed by atoms with Gasteiger partial charge in [-0.1, -0.05) is 65.7 Å². The minimum atomic E-state index is -3.70. The Balaban J connectivity index is 2.07. The number of carboxylic acid groups (broad SMARTS) is 1. The van der Waals surface area contributed by atoms with Crippen molar-refractivity contribution in [1.29, 1.82) is 0 Å². The molecule has 2 aromatic carbocycles. The lowest BCUT2D eigenvalue weighted by Gasteiger charge is -2.45. The van der Waals surface area contributed by atoms with Crippen LogP contribution >= 0.6 is 10.8 Å². The predicted molar refractivity (Wildman–Crippen MR) is 141 cm³/mol. The number of amides is 1. The highest BCUT2D eigenvalue weighted by molar-refractivity contribution is 8.31. The average Bonchev–Trinajstić information content (AvgIpc) is 2.93. The maximum atomic E-state index is 13.5. The molecule has 1 aliphatic heterocycles. The van der Waals surface area contributed by atoms with Crippen molar-refractivity contribution in [2.24, 2.45) is 5.92 Å². The van der Waals surface area contributed by atoms with E-state index >= 15 is 0 Å². The van der Waals surface area contributed by atoms with Crippen LogP contribution in [0.1, 0.15) is 55.5 Å². The molecule has 0 saturated carbocycles. The van der Waals surface area contributed by atoms with Gasteiger partial charge in [0.1, 0.15) is 16.6 Å². The molecule has 35 heavy (non-hydrogen) atoms. The predicted octanol–water partition coefficient (Wildman–Crippen LogP) is 5.51. The molecule has 2 aromatic rings. The summed E-state index contributed by atoms with van der Waals surface area (Å²) in [7, 11) is -3.70. The molecule has 2 atom stereocenters. The van der Waals surface area contributed by atoms with Crippen LogP contribution in [0.3, 0.4) is 0 Å². The minimum Gasteiger partial charge on any atom is -0.480 e. The molecule has 0 radical (unpaired) electrons. The monoisotopic (exact) mass is 500 g/mol. The third-order valence-electron chi connectivity index (χ3n) is 6.30. The average molecular weight is 501 g/mol. The zero-order valence-corrected chi connectivity index (χ0v) is 22.2. The van der Waals surface area contributed by atoms with Crippen LogP contribution in [0.4, 0.5) is 0 Å². The van der Waals surface area contributed by atoms with Gasteiger partial charge >= 0.3 is 5.97 Å². The third-order valence-corrected chi connectivity index (χ3v) is 8.51. The number of rotatable bonds is 7. The number of aliphatic carboxylic acids is 1. The van der Waals surface area contributed by atoms with Crippen molar-refractivity contribution >= 4 is 27.6 Å². The fourth-order valence-electron chi connectivity index (χ4n) is 4.82. The summed E-state index contributed by atoms with van der Waals surface area (Å²) < 4.78 is 23.6. The molecule has 4 N–H and O–H groups in total. The fourth-order valence-corrected chi connectivity index (χ4v) is 6.96. The van der Waals surface area contributed by atoms with Crippen molar-refractivity contribution in [3.63, 3.8) is 0 Å². The molecule has 8 heteroatoms. The van der Waals surface area contributed by atoms with Crippen LogP contribution in [-0.4, -0.2) is 42.0 Å². The van der Waals surface area contributed by atoms with Gasteiger partial charge in [0.2, 0.25) is 0 Å². The second kappa shape index (κ2) is 9.68. The standard InChI is InChI=1S/C27H36N2O5S/c1-16-13-17(2)21(18(3)14-16)15-19(4)22(26(31)32)28-23-24(20-11-9-8-10-12-20)35(33,34)29(25(23)30)27(5,6)7/h8-14,19,22,28,33-34H,15H2,1-7H3,(H,31,32). The molecule has 0 fully saturated rings. The van der Waals surface area contributed by atoms with Crippen LogP contribution < -0.4 is 5.32 Å². The second-order valence-corrected chi connectivity index (χ2v) is 12.2. The van der Waals surface area contributed by atoms with Gasteiger partial charge in [-0.05, 0) is 70.6 Å². The van der Waals surface area contributed by atoms with E-state index < -0.39 is 40.2 Å². The number of nitrogens with zero attached hydrogens (tertiary/aromatic N) is 1. The van der Waals surface area contributed by atoms with Crippen LogP contribution in [0, 0.1) is 26.7 Å². The summed E-state index contributed by atoms with van der Waals surface area (Å²) in [6.45, 7) is 13.0. The molecule has 0 aromatic heterocycles. The Morgan fingerprint density at radius 2 is 1.60 bits per heavy atom. The van der Waals surface area contributed by atoms with Crippen molar-refractivity contribution in [1.82, 2.24) is 9.62 Å². The summed E-state index contributed by atoms with van der Waals surface area (Å²) in [5.74, 6) is -2.13. The minimum absolute atomic E-state index is 0.0270. The first-order chi connectivity index (χ1) is 16.2. The van der Waals surface area contributed by atoms with E-state index in [9.17, 15) is 23.8 Å². The van der Waals surface area contributed by atoms with E-state index in [0.29, 0.717) is 12.0 Å². The number of hydrogen-bond donors (Lipinski definition) is 4. The molecule has 190 valence electrons. The summed E-state index contributed by atoms with van der Waals surface area (Å²) in [6, 6.07) is 11.7. The van der Waals surface area contributed by atoms with Crippen molar-refractivity contribution in [3.8, 4) is 0 Å². The van der Waals surface area contributed by atoms with E-state index in [1.807, 2.05) is 27.7 Å². The lowest BCUT2D eigenvalue weighted by molar-refractivity contribution is -0.140. The summed E-state index contributed by atoms with van der Waals surface area (Å²) in [5, 5.41) is 13.1. The summed E-state index contributed by atoms with van der Waals surface area (Å²) in [6.07, 6.45) is 0.489. The molecular weight excluding hydrogens is 464 g/mol. The lowest BCUT2D eigenvalue weighted by atomic mass is 9.88. The van der Waals surface area contributed by atoms with Gasteiger partial charge in [0.05, 0.1) is 5.54 Å². The van der Waals surface area contributed by atoms with E-state index in [1.54, 1.807) is 51.1 Å². The van der Waals surface area contributed by atoms with Gasteiger partial charge in [0.15, 0.2) is 0 Å². The summed E-state index contributed by atoms with van der Waals surface area (Å²) in [4.78, 5) is 26.0. The Hall–Kier alpha value is -2.81. The Labute approximate surface area is 209 Å². The van der Waals surface area contributed by atoms with Crippen LogP contribution in [0.5, 0.6) is 0 Å². The highest BCUT2D eigenvalue weighted by atomic mass is 32.3. The molecule has 1 heterocycles. The number of benzene rings is 2. The molecule has 2 unspecified atom stereocenters. The maximum Gasteiger partial charge on any atom is 0.326 e. The molecule has 7 nitrogen and oxygen atoms in total. The number of aryl methyl sites for hydroxylation is 3. The number of carbonyl (C=O) groups is 2. The first-order valence-electron chi connectivity index (χ1n) is 11.6. The first kappa shape index (κ1) is 26.8. The van der Waals surface area contributed by atoms with E-state index in [0.717, 1.165) is 26.6 Å². The van der Waals surface area contributed by atoms with Crippen LogP contribution in [-0.2, 0) is 16.0 Å². The molecular formula is C27H36N2O5S. The van der Waals surface area contributed by atoms with Gasteiger partial charge in [-0.15, -0.1) is 0 Å². The Morgan fingerprint density at radius 3 is 2.09 bits per heavy atom. The normalized spacial score (nSPS) is 18.4. The summed E-state index contributed by atoms with van der Waals surface area (Å²) in [5.41, 5.74) is 3.87. The number of carbonyl (C=O) groups excluding carboxylic acids is 1. The lowest BCUT2D eigenvalue weighted by Crippen LogP contribution is -2.48. The van der Waals surface area contributed by atoms with E-state index in [1.165, 1.54) is 0 Å². The quantitative estimate of drug-likeness (QED) is 0.399. The Kier molecular flexibility index (Phi) is 7.41. The third kappa shape index (κ3) is 5.24. The largest absolute Gasteiger partial charge is 0.480 e. The molecule has 3 rings (SSSR count). The molecule has 0 spiro atoms. The van der Waals surface area contributed by atoms with Crippen molar-refractivity contribution in [3.05, 3.63) is 76.0 Å². The maximum absolute atomic E-state index is 13.5. The highest BCUT2D eigenvalue weighted by Crippen LogP contribution is 2.64. The molecule has 1 amide bonds. The van der Waals surface area contributed by atoms with Crippen LogP contribution in [0.15, 0.2) is 48.2 Å². The molecule has 0 saturated heterocycles. The van der Waals surface area contributed by atoms with Gasteiger partial charge in [-0.3, -0.25) is 13.9 Å². The topological polar surface area (TPSA) is 110 Å². The van der Waals surface area contributed by atoms with Gasteiger partial charge in [0.25, 0.3) is 5.91 Å². The van der Waals surface area contributed by atoms with Crippen molar-refractivity contribution in [2.45, 2.75) is 66.5 Å². The van der Waals surface area contributed by atoms with E-state index in [2.05, 4.69) is 17.4 Å². The van der Waals surface area contributed by atoms with E-state index in [4.69, 9.17) is 0 Å². The van der Waals surface area contributed by atoms with Gasteiger partial charge < -0.3 is 10.4 Å². The highest BCUT2D eigenvalue weighted by Gasteiger charge is 2.50. The Bertz CT molecular complexity index is 1140. The number of nitrogens with one attached hydrogen (secondary N) is 1. The fraction of sp³-hybridized carbons (Fsp3) is 0.407. The summed E-state index contributed by atoms with van der Waals surface area (Å²) >= 11 is 0. The van der Waals surface area contributed by atoms with Gasteiger partial charge in [-0.25, -0.2) is 9.10 Å². The van der Waals surface area contributed by atoms with E-state index in [-0.39, 0.29) is 10.6 Å².